The molecule has 0 aliphatic carbocycles. The van der Waals surface area contributed by atoms with Gasteiger partial charge >= 0.3 is 0 Å². The third kappa shape index (κ3) is 3.69. The molecule has 1 heterocycles. The van der Waals surface area contributed by atoms with Crippen molar-refractivity contribution in [3.05, 3.63) is 58.0 Å². The van der Waals surface area contributed by atoms with Gasteiger partial charge in [0.2, 0.25) is 0 Å². The first-order chi connectivity index (χ1) is 10.1. The van der Waals surface area contributed by atoms with Gasteiger partial charge in [-0.1, -0.05) is 19.1 Å². The molecule has 0 radical (unpaired) electrons. The third-order valence-corrected chi connectivity index (χ3v) is 3.24. The maximum atomic E-state index is 12.1. The van der Waals surface area contributed by atoms with Crippen molar-refractivity contribution in [1.29, 1.82) is 5.26 Å². The van der Waals surface area contributed by atoms with Crippen LogP contribution in [0.1, 0.15) is 24.5 Å². The molecular formula is C16H18N4O. The Morgan fingerprint density at radius 1 is 1.38 bits per heavy atom. The molecule has 0 aliphatic rings. The molecule has 0 unspecified atom stereocenters. The van der Waals surface area contributed by atoms with Crippen LogP contribution in [-0.2, 0) is 6.54 Å². The van der Waals surface area contributed by atoms with Crippen molar-refractivity contribution in [3.8, 4) is 6.07 Å². The van der Waals surface area contributed by atoms with Crippen LogP contribution in [0, 0.1) is 11.3 Å². The Hall–Kier alpha value is -2.61. The lowest BCUT2D eigenvalue weighted by Crippen LogP contribution is -2.26. The van der Waals surface area contributed by atoms with Gasteiger partial charge in [-0.25, -0.2) is 4.68 Å². The Kier molecular flexibility index (Phi) is 4.72. The molecule has 0 bridgehead atoms. The van der Waals surface area contributed by atoms with Crippen molar-refractivity contribution in [2.24, 2.45) is 0 Å². The van der Waals surface area contributed by atoms with Crippen LogP contribution in [0.4, 0.5) is 5.69 Å². The van der Waals surface area contributed by atoms with E-state index in [9.17, 15) is 4.79 Å². The number of hydrogen-bond acceptors (Lipinski definition) is 4. The maximum Gasteiger partial charge on any atom is 0.269 e. The van der Waals surface area contributed by atoms with Gasteiger partial charge in [0.05, 0.1) is 30.1 Å². The van der Waals surface area contributed by atoms with E-state index >= 15 is 0 Å². The third-order valence-electron chi connectivity index (χ3n) is 3.24. The van der Waals surface area contributed by atoms with E-state index in [1.165, 1.54) is 4.68 Å². The van der Waals surface area contributed by atoms with Crippen LogP contribution in [0.3, 0.4) is 0 Å². The topological polar surface area (TPSA) is 61.9 Å². The molecule has 2 aromatic rings. The lowest BCUT2D eigenvalue weighted by molar-refractivity contribution is 0.637. The van der Waals surface area contributed by atoms with Gasteiger partial charge in [0.1, 0.15) is 0 Å². The van der Waals surface area contributed by atoms with Crippen molar-refractivity contribution in [2.45, 2.75) is 19.9 Å². The Morgan fingerprint density at radius 2 is 2.19 bits per heavy atom. The van der Waals surface area contributed by atoms with Crippen LogP contribution in [0.5, 0.6) is 0 Å². The Labute approximate surface area is 124 Å². The molecule has 0 amide bonds. The van der Waals surface area contributed by atoms with Crippen LogP contribution in [-0.4, -0.2) is 23.4 Å². The molecule has 1 aromatic heterocycles. The standard InChI is InChI=1S/C16H18N4O/c1-3-7-19(2)15-9-16(21)20(18-11-15)12-14-6-4-5-13(8-14)10-17/h4-6,8-9,11H,3,7,12H2,1-2H3. The minimum Gasteiger partial charge on any atom is -0.373 e. The van der Waals surface area contributed by atoms with Crippen molar-refractivity contribution in [2.75, 3.05) is 18.5 Å². The summed E-state index contributed by atoms with van der Waals surface area (Å²) in [5.41, 5.74) is 2.15. The minimum absolute atomic E-state index is 0.141. The van der Waals surface area contributed by atoms with Crippen molar-refractivity contribution < 1.29 is 0 Å². The largest absolute Gasteiger partial charge is 0.373 e. The zero-order chi connectivity index (χ0) is 15.2. The zero-order valence-electron chi connectivity index (χ0n) is 12.3. The number of anilines is 1. The maximum absolute atomic E-state index is 12.1. The van der Waals surface area contributed by atoms with E-state index in [1.54, 1.807) is 24.4 Å². The summed E-state index contributed by atoms with van der Waals surface area (Å²) in [7, 11) is 1.95. The Bertz CT molecular complexity index is 715. The number of nitrogens with zero attached hydrogens (tertiary/aromatic N) is 4. The van der Waals surface area contributed by atoms with E-state index < -0.39 is 0 Å². The molecule has 0 atom stereocenters. The van der Waals surface area contributed by atoms with Crippen molar-refractivity contribution >= 4 is 5.69 Å². The van der Waals surface area contributed by atoms with Gasteiger partial charge in [0, 0.05) is 19.7 Å². The average Bonchev–Trinajstić information content (AvgIpc) is 2.49. The van der Waals surface area contributed by atoms with E-state index in [1.807, 2.05) is 24.1 Å². The molecule has 1 aromatic carbocycles. The zero-order valence-corrected chi connectivity index (χ0v) is 12.3. The smallest absolute Gasteiger partial charge is 0.269 e. The molecule has 0 aliphatic heterocycles. The van der Waals surface area contributed by atoms with E-state index in [0.717, 1.165) is 24.2 Å². The Morgan fingerprint density at radius 3 is 2.86 bits per heavy atom. The van der Waals surface area contributed by atoms with E-state index in [2.05, 4.69) is 18.1 Å². The summed E-state index contributed by atoms with van der Waals surface area (Å²) in [5.74, 6) is 0. The van der Waals surface area contributed by atoms with Crippen LogP contribution in [0.2, 0.25) is 0 Å². The molecular weight excluding hydrogens is 264 g/mol. The number of rotatable bonds is 5. The van der Waals surface area contributed by atoms with Crippen LogP contribution in [0.25, 0.3) is 0 Å². The molecule has 108 valence electrons. The molecule has 0 N–H and O–H groups in total. The first-order valence-electron chi connectivity index (χ1n) is 6.91. The average molecular weight is 282 g/mol. The monoisotopic (exact) mass is 282 g/mol. The first kappa shape index (κ1) is 14.8. The molecule has 0 saturated carbocycles. The highest BCUT2D eigenvalue weighted by molar-refractivity contribution is 5.41. The van der Waals surface area contributed by atoms with Crippen LogP contribution < -0.4 is 10.5 Å². The molecule has 5 nitrogen and oxygen atoms in total. The van der Waals surface area contributed by atoms with Gasteiger partial charge in [-0.2, -0.15) is 10.4 Å². The predicted molar refractivity (Wildman–Crippen MR) is 82.3 cm³/mol. The molecule has 0 fully saturated rings. The number of nitriles is 1. The summed E-state index contributed by atoms with van der Waals surface area (Å²) in [6.07, 6.45) is 2.71. The van der Waals surface area contributed by atoms with E-state index in [0.29, 0.717) is 12.1 Å². The lowest BCUT2D eigenvalue weighted by Gasteiger charge is -2.17. The fourth-order valence-corrected chi connectivity index (χ4v) is 2.13. The SMILES string of the molecule is CCCN(C)c1cnn(Cc2cccc(C#N)c2)c(=O)c1. The second-order valence-corrected chi connectivity index (χ2v) is 4.94. The second kappa shape index (κ2) is 6.71. The predicted octanol–water partition coefficient (Wildman–Crippen LogP) is 2.01. The summed E-state index contributed by atoms with van der Waals surface area (Å²) in [6, 6.07) is 10.9. The van der Waals surface area contributed by atoms with Gasteiger partial charge in [-0.05, 0) is 24.1 Å². The summed E-state index contributed by atoms with van der Waals surface area (Å²) >= 11 is 0. The van der Waals surface area contributed by atoms with Crippen LogP contribution in [0.15, 0.2) is 41.3 Å². The van der Waals surface area contributed by atoms with E-state index in [-0.39, 0.29) is 5.56 Å². The molecule has 5 heteroatoms. The fraction of sp³-hybridized carbons (Fsp3) is 0.312. The molecule has 2 rings (SSSR count). The van der Waals surface area contributed by atoms with Gasteiger partial charge in [0.15, 0.2) is 0 Å². The normalized spacial score (nSPS) is 10.1. The highest BCUT2D eigenvalue weighted by Crippen LogP contribution is 2.09. The molecule has 0 saturated heterocycles. The van der Waals surface area contributed by atoms with Gasteiger partial charge in [0.25, 0.3) is 5.56 Å². The summed E-state index contributed by atoms with van der Waals surface area (Å²) in [6.45, 7) is 3.34. The van der Waals surface area contributed by atoms with Gasteiger partial charge in [-0.3, -0.25) is 4.79 Å². The highest BCUT2D eigenvalue weighted by Gasteiger charge is 2.05. The van der Waals surface area contributed by atoms with Crippen molar-refractivity contribution in [3.63, 3.8) is 0 Å². The summed E-state index contributed by atoms with van der Waals surface area (Å²) in [5, 5.41) is 13.1. The van der Waals surface area contributed by atoms with Gasteiger partial charge < -0.3 is 4.90 Å². The molecule has 0 spiro atoms. The fourth-order valence-electron chi connectivity index (χ4n) is 2.13. The second-order valence-electron chi connectivity index (χ2n) is 4.94. The highest BCUT2D eigenvalue weighted by atomic mass is 16.1. The summed E-state index contributed by atoms with van der Waals surface area (Å²) < 4.78 is 1.40. The first-order valence-corrected chi connectivity index (χ1v) is 6.91. The summed E-state index contributed by atoms with van der Waals surface area (Å²) in [4.78, 5) is 14.1. The number of hydrogen-bond donors (Lipinski definition) is 0. The Balaban J connectivity index is 2.21. The quantitative estimate of drug-likeness (QED) is 0.841. The molecule has 21 heavy (non-hydrogen) atoms. The van der Waals surface area contributed by atoms with Crippen molar-refractivity contribution in [1.82, 2.24) is 9.78 Å². The lowest BCUT2D eigenvalue weighted by atomic mass is 10.1. The van der Waals surface area contributed by atoms with Gasteiger partial charge in [-0.15, -0.1) is 0 Å². The minimum atomic E-state index is -0.141. The van der Waals surface area contributed by atoms with Crippen LogP contribution >= 0.6 is 0 Å². The number of benzene rings is 1. The number of aromatic nitrogens is 2. The van der Waals surface area contributed by atoms with E-state index in [4.69, 9.17) is 5.26 Å².